The molecule has 1 aliphatic carbocycles. The summed E-state index contributed by atoms with van der Waals surface area (Å²) in [5.74, 6) is 1.25. The van der Waals surface area contributed by atoms with Gasteiger partial charge in [-0.05, 0) is 61.2 Å². The lowest BCUT2D eigenvalue weighted by Gasteiger charge is -2.38. The molecule has 0 aromatic heterocycles. The van der Waals surface area contributed by atoms with Crippen LogP contribution in [0, 0.1) is 5.92 Å². The number of anilines is 1. The molecule has 4 nitrogen and oxygen atoms in total. The van der Waals surface area contributed by atoms with Gasteiger partial charge >= 0.3 is 5.97 Å². The van der Waals surface area contributed by atoms with Crippen LogP contribution in [0.5, 0.6) is 5.75 Å². The van der Waals surface area contributed by atoms with E-state index in [-0.39, 0.29) is 17.9 Å². The van der Waals surface area contributed by atoms with Gasteiger partial charge in [-0.3, -0.25) is 0 Å². The number of hydrogen-bond donors (Lipinski definition) is 1. The third-order valence-electron chi connectivity index (χ3n) is 5.40. The minimum Gasteiger partial charge on any atom is -0.496 e. The molecule has 1 N–H and O–H groups in total. The molecule has 0 bridgehead atoms. The van der Waals surface area contributed by atoms with Crippen molar-refractivity contribution >= 4 is 27.6 Å². The molecule has 0 spiro atoms. The number of esters is 1. The predicted octanol–water partition coefficient (Wildman–Crippen LogP) is 5.46. The summed E-state index contributed by atoms with van der Waals surface area (Å²) < 4.78 is 11.8. The molecule has 140 valence electrons. The molecule has 2 aromatic rings. The second-order valence-corrected chi connectivity index (χ2v) is 7.80. The Bertz CT molecular complexity index is 908. The normalized spacial score (nSPS) is 22.6. The van der Waals surface area contributed by atoms with Gasteiger partial charge in [-0.25, -0.2) is 4.79 Å². The van der Waals surface area contributed by atoms with E-state index in [1.807, 2.05) is 37.3 Å². The number of rotatable bonds is 4. The van der Waals surface area contributed by atoms with Gasteiger partial charge in [0.1, 0.15) is 5.75 Å². The maximum Gasteiger partial charge on any atom is 0.338 e. The molecule has 0 fully saturated rings. The van der Waals surface area contributed by atoms with Gasteiger partial charge in [-0.15, -0.1) is 0 Å². The molecule has 4 rings (SSSR count). The lowest BCUT2D eigenvalue weighted by Crippen LogP contribution is -2.29. The van der Waals surface area contributed by atoms with Gasteiger partial charge in [0.25, 0.3) is 0 Å². The summed E-state index contributed by atoms with van der Waals surface area (Å²) in [4.78, 5) is 12.1. The van der Waals surface area contributed by atoms with Crippen molar-refractivity contribution in [3.05, 3.63) is 69.7 Å². The number of benzene rings is 2. The van der Waals surface area contributed by atoms with Crippen molar-refractivity contribution in [3.8, 4) is 5.75 Å². The minimum absolute atomic E-state index is 0.137. The summed E-state index contributed by atoms with van der Waals surface area (Å²) in [5, 5.41) is 3.69. The Morgan fingerprint density at radius 1 is 1.22 bits per heavy atom. The zero-order valence-electron chi connectivity index (χ0n) is 15.4. The first kappa shape index (κ1) is 18.1. The Labute approximate surface area is 167 Å². The summed E-state index contributed by atoms with van der Waals surface area (Å²) in [6, 6.07) is 12.1. The molecule has 5 heteroatoms. The van der Waals surface area contributed by atoms with Gasteiger partial charge in [0.05, 0.1) is 25.3 Å². The molecule has 1 aliphatic heterocycles. The first-order valence-electron chi connectivity index (χ1n) is 9.20. The first-order valence-corrected chi connectivity index (χ1v) is 9.99. The highest BCUT2D eigenvalue weighted by atomic mass is 79.9. The van der Waals surface area contributed by atoms with E-state index in [4.69, 9.17) is 9.47 Å². The van der Waals surface area contributed by atoms with Gasteiger partial charge in [0.15, 0.2) is 0 Å². The predicted molar refractivity (Wildman–Crippen MR) is 109 cm³/mol. The number of carbonyl (C=O) groups is 1. The Hall–Kier alpha value is -2.27. The lowest BCUT2D eigenvalue weighted by atomic mass is 9.76. The van der Waals surface area contributed by atoms with Gasteiger partial charge in [-0.1, -0.05) is 28.1 Å². The fourth-order valence-electron chi connectivity index (χ4n) is 4.19. The second-order valence-electron chi connectivity index (χ2n) is 6.88. The Kier molecular flexibility index (Phi) is 4.96. The van der Waals surface area contributed by atoms with Crippen LogP contribution in [0.2, 0.25) is 0 Å². The van der Waals surface area contributed by atoms with Crippen molar-refractivity contribution < 1.29 is 14.3 Å². The van der Waals surface area contributed by atoms with E-state index < -0.39 is 0 Å². The van der Waals surface area contributed by atoms with E-state index in [9.17, 15) is 4.79 Å². The van der Waals surface area contributed by atoms with Crippen molar-refractivity contribution in [2.45, 2.75) is 25.3 Å². The molecule has 0 saturated carbocycles. The quantitative estimate of drug-likeness (QED) is 0.519. The molecule has 1 heterocycles. The number of allylic oxidation sites excluding steroid dienone is 2. The molecular weight excluding hydrogens is 406 g/mol. The third kappa shape index (κ3) is 3.25. The van der Waals surface area contributed by atoms with E-state index in [1.54, 1.807) is 7.11 Å². The van der Waals surface area contributed by atoms with Crippen LogP contribution in [0.3, 0.4) is 0 Å². The summed E-state index contributed by atoms with van der Waals surface area (Å²) >= 11 is 3.59. The first-order chi connectivity index (χ1) is 13.1. The number of carbonyl (C=O) groups excluding carboxylic acids is 1. The molecule has 3 atom stereocenters. The fourth-order valence-corrected chi connectivity index (χ4v) is 4.57. The minimum atomic E-state index is -0.269. The zero-order valence-corrected chi connectivity index (χ0v) is 17.0. The smallest absolute Gasteiger partial charge is 0.338 e. The van der Waals surface area contributed by atoms with Crippen molar-refractivity contribution in [2.75, 3.05) is 19.0 Å². The molecule has 2 aromatic carbocycles. The number of halogens is 1. The van der Waals surface area contributed by atoms with Gasteiger partial charge in [0, 0.05) is 21.6 Å². The lowest BCUT2D eigenvalue weighted by molar-refractivity contribution is 0.0526. The average molecular weight is 428 g/mol. The summed E-state index contributed by atoms with van der Waals surface area (Å²) in [7, 11) is 1.71. The van der Waals surface area contributed by atoms with E-state index in [0.29, 0.717) is 18.1 Å². The van der Waals surface area contributed by atoms with Gasteiger partial charge in [0.2, 0.25) is 0 Å². The molecule has 27 heavy (non-hydrogen) atoms. The van der Waals surface area contributed by atoms with Crippen LogP contribution in [-0.4, -0.2) is 19.7 Å². The average Bonchev–Trinajstić information content (AvgIpc) is 3.17. The number of fused-ring (bicyclic) bond motifs is 3. The highest BCUT2D eigenvalue weighted by Gasteiger charge is 2.39. The van der Waals surface area contributed by atoms with Crippen LogP contribution in [0.25, 0.3) is 0 Å². The summed E-state index contributed by atoms with van der Waals surface area (Å²) in [6.07, 6.45) is 5.48. The van der Waals surface area contributed by atoms with Crippen molar-refractivity contribution in [2.24, 2.45) is 5.92 Å². The second kappa shape index (κ2) is 7.39. The molecule has 0 amide bonds. The van der Waals surface area contributed by atoms with Gasteiger partial charge in [-0.2, -0.15) is 0 Å². The molecule has 0 saturated heterocycles. The summed E-state index contributed by atoms with van der Waals surface area (Å²) in [5.41, 5.74) is 3.97. The Balaban J connectivity index is 1.75. The van der Waals surface area contributed by atoms with E-state index in [1.165, 1.54) is 0 Å². The molecule has 0 radical (unpaired) electrons. The van der Waals surface area contributed by atoms with Crippen LogP contribution in [0.1, 0.15) is 46.8 Å². The van der Waals surface area contributed by atoms with Crippen LogP contribution in [-0.2, 0) is 4.74 Å². The SMILES string of the molecule is CCOC(=O)c1ccc2c(c1)[C@@H]1C=CC[C@@H]1[C@H](c1cc(Br)ccc1OC)N2. The Morgan fingerprint density at radius 2 is 2.07 bits per heavy atom. The maximum atomic E-state index is 12.1. The number of methoxy groups -OCH3 is 1. The van der Waals surface area contributed by atoms with Crippen LogP contribution in [0.15, 0.2) is 53.0 Å². The van der Waals surface area contributed by atoms with Crippen molar-refractivity contribution in [3.63, 3.8) is 0 Å². The van der Waals surface area contributed by atoms with Crippen LogP contribution in [0.4, 0.5) is 5.69 Å². The van der Waals surface area contributed by atoms with E-state index in [2.05, 4.69) is 39.5 Å². The topological polar surface area (TPSA) is 47.6 Å². The maximum absolute atomic E-state index is 12.1. The van der Waals surface area contributed by atoms with E-state index in [0.717, 1.165) is 33.5 Å². The number of nitrogens with one attached hydrogen (secondary N) is 1. The Morgan fingerprint density at radius 3 is 2.85 bits per heavy atom. The van der Waals surface area contributed by atoms with Crippen LogP contribution < -0.4 is 10.1 Å². The van der Waals surface area contributed by atoms with Gasteiger partial charge < -0.3 is 14.8 Å². The van der Waals surface area contributed by atoms with Crippen molar-refractivity contribution in [1.82, 2.24) is 0 Å². The van der Waals surface area contributed by atoms with Crippen LogP contribution >= 0.6 is 15.9 Å². The fraction of sp³-hybridized carbons (Fsp3) is 0.318. The number of hydrogen-bond acceptors (Lipinski definition) is 4. The zero-order chi connectivity index (χ0) is 19.0. The number of ether oxygens (including phenoxy) is 2. The standard InChI is InChI=1S/C22H22BrNO3/c1-3-27-22(25)13-7-9-19-17(11-13)15-5-4-6-16(15)21(24-19)18-12-14(23)8-10-20(18)26-2/h4-5,7-12,15-16,21,24H,3,6H2,1-2H3/t15-,16+,21-/m1/s1. The van der Waals surface area contributed by atoms with Crippen molar-refractivity contribution in [1.29, 1.82) is 0 Å². The molecular formula is C22H22BrNO3. The summed E-state index contributed by atoms with van der Waals surface area (Å²) in [6.45, 7) is 2.20. The molecule has 2 aliphatic rings. The monoisotopic (exact) mass is 427 g/mol. The third-order valence-corrected chi connectivity index (χ3v) is 5.89. The highest BCUT2D eigenvalue weighted by molar-refractivity contribution is 9.10. The van der Waals surface area contributed by atoms with E-state index >= 15 is 0 Å². The largest absolute Gasteiger partial charge is 0.496 e. The molecule has 0 unspecified atom stereocenters. The highest BCUT2D eigenvalue weighted by Crippen LogP contribution is 2.51.